The molecular weight excluding hydrogens is 409 g/mol. The fourth-order valence-electron chi connectivity index (χ4n) is 4.02. The highest BCUT2D eigenvalue weighted by Gasteiger charge is 2.48. The number of carbonyl (C=O) groups is 2. The fourth-order valence-corrected chi connectivity index (χ4v) is 4.02. The van der Waals surface area contributed by atoms with E-state index in [1.807, 2.05) is 0 Å². The molecule has 0 N–H and O–H groups in total. The molecule has 31 heavy (non-hydrogen) atoms. The second-order valence-electron chi connectivity index (χ2n) is 7.35. The summed E-state index contributed by atoms with van der Waals surface area (Å²) in [6.07, 6.45) is -2.20. The van der Waals surface area contributed by atoms with Crippen LogP contribution in [-0.2, 0) is 4.79 Å². The Morgan fingerprint density at radius 1 is 1.03 bits per heavy atom. The first kappa shape index (κ1) is 20.7. The molecule has 3 aromatic rings. The van der Waals surface area contributed by atoms with Crippen molar-refractivity contribution in [3.05, 3.63) is 84.3 Å². The van der Waals surface area contributed by atoms with Crippen LogP contribution >= 0.6 is 0 Å². The van der Waals surface area contributed by atoms with Gasteiger partial charge in [-0.05, 0) is 43.2 Å². The summed E-state index contributed by atoms with van der Waals surface area (Å²) >= 11 is 0. The van der Waals surface area contributed by atoms with Crippen LogP contribution in [0.1, 0.15) is 35.3 Å². The molecule has 4 rings (SSSR count). The Kier molecular flexibility index (Phi) is 5.31. The molecule has 0 radical (unpaired) electrons. The monoisotopic (exact) mass is 428 g/mol. The SMILES string of the molecule is CC1CC(N(C(=O)C(F)(F)F)c2ccccc2)c2ccccc2N1C(=O)c1ccoc1. The maximum absolute atomic E-state index is 13.5. The van der Waals surface area contributed by atoms with Gasteiger partial charge in [0.05, 0.1) is 17.9 Å². The third-order valence-corrected chi connectivity index (χ3v) is 5.35. The summed E-state index contributed by atoms with van der Waals surface area (Å²) < 4.78 is 45.6. The van der Waals surface area contributed by atoms with E-state index in [9.17, 15) is 22.8 Å². The van der Waals surface area contributed by atoms with E-state index in [2.05, 4.69) is 0 Å². The smallest absolute Gasteiger partial charge is 0.471 e. The molecular formula is C23H19F3N2O3. The minimum absolute atomic E-state index is 0.136. The Balaban J connectivity index is 1.83. The van der Waals surface area contributed by atoms with Gasteiger partial charge in [0.1, 0.15) is 6.26 Å². The van der Waals surface area contributed by atoms with Crippen LogP contribution in [0.5, 0.6) is 0 Å². The van der Waals surface area contributed by atoms with E-state index in [0.717, 1.165) is 4.90 Å². The third-order valence-electron chi connectivity index (χ3n) is 5.35. The average molecular weight is 428 g/mol. The molecule has 1 aliphatic rings. The molecule has 0 aliphatic carbocycles. The zero-order valence-corrected chi connectivity index (χ0v) is 16.5. The molecule has 2 aromatic carbocycles. The number of furan rings is 1. The number of hydrogen-bond donors (Lipinski definition) is 0. The summed E-state index contributed by atoms with van der Waals surface area (Å²) in [6.45, 7) is 1.75. The third kappa shape index (κ3) is 3.81. The van der Waals surface area contributed by atoms with Crippen molar-refractivity contribution in [1.29, 1.82) is 0 Å². The zero-order chi connectivity index (χ0) is 22.2. The van der Waals surface area contributed by atoms with Gasteiger partial charge in [0.2, 0.25) is 0 Å². The van der Waals surface area contributed by atoms with E-state index in [0.29, 0.717) is 16.8 Å². The number of anilines is 2. The van der Waals surface area contributed by atoms with Gasteiger partial charge in [0.15, 0.2) is 0 Å². The molecule has 2 amide bonds. The van der Waals surface area contributed by atoms with Crippen LogP contribution in [0.25, 0.3) is 0 Å². The first-order chi connectivity index (χ1) is 14.8. The van der Waals surface area contributed by atoms with Crippen LogP contribution in [0.3, 0.4) is 0 Å². The predicted molar refractivity (Wildman–Crippen MR) is 109 cm³/mol. The van der Waals surface area contributed by atoms with Gasteiger partial charge in [-0.25, -0.2) is 0 Å². The van der Waals surface area contributed by atoms with Gasteiger partial charge < -0.3 is 9.32 Å². The van der Waals surface area contributed by atoms with Gasteiger partial charge in [-0.15, -0.1) is 0 Å². The minimum atomic E-state index is -5.04. The molecule has 1 aromatic heterocycles. The van der Waals surface area contributed by atoms with Crippen LogP contribution in [0.4, 0.5) is 24.5 Å². The number of amides is 2. The number of carbonyl (C=O) groups excluding carboxylic acids is 2. The molecule has 0 saturated carbocycles. The molecule has 2 unspecified atom stereocenters. The van der Waals surface area contributed by atoms with Gasteiger partial charge in [-0.1, -0.05) is 36.4 Å². The number of benzene rings is 2. The summed E-state index contributed by atoms with van der Waals surface area (Å²) in [5, 5.41) is 0. The maximum Gasteiger partial charge on any atom is 0.471 e. The molecule has 5 nitrogen and oxygen atoms in total. The van der Waals surface area contributed by atoms with Gasteiger partial charge in [0, 0.05) is 17.4 Å². The number of fused-ring (bicyclic) bond motifs is 1. The van der Waals surface area contributed by atoms with E-state index in [1.54, 1.807) is 49.4 Å². The van der Waals surface area contributed by atoms with Crippen LogP contribution in [0.2, 0.25) is 0 Å². The summed E-state index contributed by atoms with van der Waals surface area (Å²) in [6, 6.07) is 14.7. The number of nitrogens with zero attached hydrogens (tertiary/aromatic N) is 2. The number of hydrogen-bond acceptors (Lipinski definition) is 3. The van der Waals surface area contributed by atoms with E-state index in [1.165, 1.54) is 35.6 Å². The van der Waals surface area contributed by atoms with E-state index in [-0.39, 0.29) is 18.0 Å². The number of rotatable bonds is 3. The second-order valence-corrected chi connectivity index (χ2v) is 7.35. The van der Waals surface area contributed by atoms with Crippen molar-refractivity contribution < 1.29 is 27.2 Å². The summed E-state index contributed by atoms with van der Waals surface area (Å²) in [7, 11) is 0. The lowest BCUT2D eigenvalue weighted by Gasteiger charge is -2.43. The molecule has 0 fully saturated rings. The lowest BCUT2D eigenvalue weighted by Crippen LogP contribution is -2.50. The average Bonchev–Trinajstić information content (AvgIpc) is 3.29. The molecule has 2 heterocycles. The molecule has 8 heteroatoms. The Morgan fingerprint density at radius 2 is 1.71 bits per heavy atom. The van der Waals surface area contributed by atoms with Gasteiger partial charge >= 0.3 is 12.1 Å². The Hall–Kier alpha value is -3.55. The van der Waals surface area contributed by atoms with Crippen molar-refractivity contribution in [2.24, 2.45) is 0 Å². The van der Waals surface area contributed by atoms with Gasteiger partial charge in [-0.2, -0.15) is 13.2 Å². The van der Waals surface area contributed by atoms with Crippen molar-refractivity contribution in [3.8, 4) is 0 Å². The summed E-state index contributed by atoms with van der Waals surface area (Å²) in [4.78, 5) is 27.9. The maximum atomic E-state index is 13.5. The topological polar surface area (TPSA) is 53.8 Å². The number of para-hydroxylation sites is 2. The van der Waals surface area contributed by atoms with Crippen molar-refractivity contribution in [2.45, 2.75) is 31.6 Å². The van der Waals surface area contributed by atoms with Crippen molar-refractivity contribution in [1.82, 2.24) is 0 Å². The molecule has 0 spiro atoms. The van der Waals surface area contributed by atoms with E-state index >= 15 is 0 Å². The van der Waals surface area contributed by atoms with Crippen LogP contribution in [-0.4, -0.2) is 24.0 Å². The minimum Gasteiger partial charge on any atom is -0.472 e. The normalized spacial score (nSPS) is 18.4. The summed E-state index contributed by atoms with van der Waals surface area (Å²) in [5.74, 6) is -2.26. The first-order valence-electron chi connectivity index (χ1n) is 9.69. The standard InChI is InChI=1S/C23H19F3N2O3/c1-15-13-20(28(22(30)23(24,25)26)17-7-3-2-4-8-17)18-9-5-6-10-19(18)27(15)21(29)16-11-12-31-14-16/h2-12,14-15,20H,13H2,1H3. The van der Waals surface area contributed by atoms with E-state index < -0.39 is 24.2 Å². The lowest BCUT2D eigenvalue weighted by molar-refractivity contribution is -0.171. The molecule has 1 aliphatic heterocycles. The highest BCUT2D eigenvalue weighted by Crippen LogP contribution is 2.43. The number of halogens is 3. The Morgan fingerprint density at radius 3 is 2.35 bits per heavy atom. The van der Waals surface area contributed by atoms with Crippen molar-refractivity contribution in [2.75, 3.05) is 9.80 Å². The summed E-state index contributed by atoms with van der Waals surface area (Å²) in [5.41, 5.74) is 1.42. The van der Waals surface area contributed by atoms with Gasteiger partial charge in [-0.3, -0.25) is 14.5 Å². The first-order valence-corrected chi connectivity index (χ1v) is 9.69. The molecule has 0 saturated heterocycles. The fraction of sp³-hybridized carbons (Fsp3) is 0.217. The highest BCUT2D eigenvalue weighted by molar-refractivity contribution is 6.07. The van der Waals surface area contributed by atoms with Gasteiger partial charge in [0.25, 0.3) is 5.91 Å². The Bertz CT molecular complexity index is 1080. The van der Waals surface area contributed by atoms with Crippen molar-refractivity contribution in [3.63, 3.8) is 0 Å². The number of alkyl halides is 3. The van der Waals surface area contributed by atoms with Crippen LogP contribution in [0, 0.1) is 0 Å². The quantitative estimate of drug-likeness (QED) is 0.565. The molecule has 160 valence electrons. The highest BCUT2D eigenvalue weighted by atomic mass is 19.4. The van der Waals surface area contributed by atoms with Crippen LogP contribution in [0.15, 0.2) is 77.6 Å². The largest absolute Gasteiger partial charge is 0.472 e. The predicted octanol–water partition coefficient (Wildman–Crippen LogP) is 5.36. The van der Waals surface area contributed by atoms with E-state index in [4.69, 9.17) is 4.42 Å². The zero-order valence-electron chi connectivity index (χ0n) is 16.5. The molecule has 2 atom stereocenters. The van der Waals surface area contributed by atoms with Crippen LogP contribution < -0.4 is 9.80 Å². The Labute approximate surface area is 176 Å². The second kappa shape index (κ2) is 7.94. The molecule has 0 bridgehead atoms. The lowest BCUT2D eigenvalue weighted by atomic mass is 9.89. The van der Waals surface area contributed by atoms with Crippen molar-refractivity contribution >= 4 is 23.2 Å².